The van der Waals surface area contributed by atoms with Crippen LogP contribution in [0, 0.1) is 0 Å². The average Bonchev–Trinajstić information content (AvgIpc) is 2.34. The molecule has 0 unspecified atom stereocenters. The van der Waals surface area contributed by atoms with Crippen molar-refractivity contribution in [1.82, 2.24) is 0 Å². The van der Waals surface area contributed by atoms with Gasteiger partial charge in [-0.3, -0.25) is 0 Å². The third-order valence-corrected chi connectivity index (χ3v) is 3.57. The van der Waals surface area contributed by atoms with E-state index in [1.54, 1.807) is 0 Å². The van der Waals surface area contributed by atoms with E-state index in [4.69, 9.17) is 5.11 Å². The molecule has 0 saturated carbocycles. The minimum Gasteiger partial charge on any atom is -0.744 e. The Morgan fingerprint density at radius 3 is 1.60 bits per heavy atom. The molecule has 0 aliphatic rings. The van der Waals surface area contributed by atoms with Crippen LogP contribution in [-0.2, 0) is 10.1 Å². The van der Waals surface area contributed by atoms with Gasteiger partial charge in [-0.1, -0.05) is 57.4 Å². The second-order valence-electron chi connectivity index (χ2n) is 4.91. The Morgan fingerprint density at radius 2 is 1.20 bits per heavy atom. The summed E-state index contributed by atoms with van der Waals surface area (Å²) in [4.78, 5) is 0. The SMILES string of the molecule is O=S(=O)([O-])C=CCCCCCCCCCCCCO.[Na+]. The standard InChI is InChI=1S/C14H28O4S.Na/c15-13-11-9-7-5-3-1-2-4-6-8-10-12-14-19(16,17)18;/h12,14-15H,1-11,13H2,(H,16,17,18);/q;+1/p-1. The number of unbranched alkanes of at least 4 members (excludes halogenated alkanes) is 10. The molecule has 0 amide bonds. The van der Waals surface area contributed by atoms with E-state index < -0.39 is 10.1 Å². The molecule has 1 N–H and O–H groups in total. The maximum Gasteiger partial charge on any atom is 1.00 e. The van der Waals surface area contributed by atoms with Crippen LogP contribution < -0.4 is 29.6 Å². The van der Waals surface area contributed by atoms with Crippen LogP contribution >= 0.6 is 0 Å². The second-order valence-corrected chi connectivity index (χ2v) is 6.17. The molecular formula is C14H27NaO4S. The van der Waals surface area contributed by atoms with Gasteiger partial charge in [0.1, 0.15) is 10.1 Å². The van der Waals surface area contributed by atoms with Gasteiger partial charge in [-0.05, 0) is 19.3 Å². The van der Waals surface area contributed by atoms with Gasteiger partial charge in [0, 0.05) is 12.0 Å². The first kappa shape index (κ1) is 22.9. The first-order chi connectivity index (χ1) is 9.06. The molecule has 4 nitrogen and oxygen atoms in total. The van der Waals surface area contributed by atoms with Gasteiger partial charge in [-0.2, -0.15) is 0 Å². The molecule has 20 heavy (non-hydrogen) atoms. The molecule has 0 spiro atoms. The Bertz CT molecular complexity index is 315. The summed E-state index contributed by atoms with van der Waals surface area (Å²) in [7, 11) is -4.18. The molecule has 0 aromatic rings. The van der Waals surface area contributed by atoms with Crippen LogP contribution in [0.4, 0.5) is 0 Å². The molecule has 0 fully saturated rings. The molecule has 0 atom stereocenters. The third kappa shape index (κ3) is 20.9. The molecule has 114 valence electrons. The molecule has 6 heteroatoms. The number of hydrogen-bond donors (Lipinski definition) is 1. The zero-order chi connectivity index (χ0) is 14.4. The molecule has 0 saturated heterocycles. The zero-order valence-corrected chi connectivity index (χ0v) is 15.5. The Kier molecular flexibility index (Phi) is 18.3. The first-order valence-corrected chi connectivity index (χ1v) is 8.76. The zero-order valence-electron chi connectivity index (χ0n) is 12.7. The molecular weight excluding hydrogens is 287 g/mol. The molecule has 0 radical (unpaired) electrons. The summed E-state index contributed by atoms with van der Waals surface area (Å²) < 4.78 is 30.8. The van der Waals surface area contributed by atoms with Gasteiger partial charge >= 0.3 is 29.6 Å². The number of aliphatic hydroxyl groups excluding tert-OH is 1. The monoisotopic (exact) mass is 314 g/mol. The van der Waals surface area contributed by atoms with Crippen LogP contribution in [0.25, 0.3) is 0 Å². The predicted octanol–water partition coefficient (Wildman–Crippen LogP) is 0.333. The van der Waals surface area contributed by atoms with Crippen molar-refractivity contribution < 1.29 is 47.6 Å². The summed E-state index contributed by atoms with van der Waals surface area (Å²) in [5.41, 5.74) is 0. The smallest absolute Gasteiger partial charge is 0.744 e. The van der Waals surface area contributed by atoms with Gasteiger partial charge in [0.15, 0.2) is 0 Å². The summed E-state index contributed by atoms with van der Waals surface area (Å²) in [5.74, 6) is 0. The molecule has 0 aromatic carbocycles. The van der Waals surface area contributed by atoms with E-state index in [0.717, 1.165) is 31.1 Å². The Hall–Kier alpha value is 0.610. The van der Waals surface area contributed by atoms with E-state index in [0.29, 0.717) is 13.0 Å². The average molecular weight is 314 g/mol. The number of allylic oxidation sites excluding steroid dienone is 1. The summed E-state index contributed by atoms with van der Waals surface area (Å²) in [5, 5.41) is 9.37. The second kappa shape index (κ2) is 16.0. The van der Waals surface area contributed by atoms with E-state index >= 15 is 0 Å². The van der Waals surface area contributed by atoms with Crippen LogP contribution in [-0.4, -0.2) is 24.7 Å². The van der Waals surface area contributed by atoms with Crippen LogP contribution in [0.3, 0.4) is 0 Å². The van der Waals surface area contributed by atoms with Gasteiger partial charge in [0.05, 0.1) is 0 Å². The fourth-order valence-corrected chi connectivity index (χ4v) is 2.35. The third-order valence-electron chi connectivity index (χ3n) is 3.04. The number of rotatable bonds is 13. The fourth-order valence-electron chi connectivity index (χ4n) is 1.97. The van der Waals surface area contributed by atoms with Crippen LogP contribution in [0.2, 0.25) is 0 Å². The van der Waals surface area contributed by atoms with E-state index in [9.17, 15) is 13.0 Å². The summed E-state index contributed by atoms with van der Waals surface area (Å²) >= 11 is 0. The minimum atomic E-state index is -4.18. The molecule has 0 bridgehead atoms. The Balaban J connectivity index is 0. The molecule has 0 heterocycles. The van der Waals surface area contributed by atoms with Crippen molar-refractivity contribution in [3.8, 4) is 0 Å². The molecule has 0 rings (SSSR count). The van der Waals surface area contributed by atoms with E-state index in [1.165, 1.54) is 44.6 Å². The number of aliphatic hydroxyl groups is 1. The summed E-state index contributed by atoms with van der Waals surface area (Å²) in [6.45, 7) is 0.308. The van der Waals surface area contributed by atoms with Crippen molar-refractivity contribution in [3.05, 3.63) is 11.5 Å². The maximum absolute atomic E-state index is 10.3. The van der Waals surface area contributed by atoms with Gasteiger partial charge < -0.3 is 9.66 Å². The van der Waals surface area contributed by atoms with E-state index in [-0.39, 0.29) is 29.6 Å². The van der Waals surface area contributed by atoms with Crippen molar-refractivity contribution in [2.24, 2.45) is 0 Å². The van der Waals surface area contributed by atoms with Gasteiger partial charge in [0.2, 0.25) is 0 Å². The van der Waals surface area contributed by atoms with Crippen molar-refractivity contribution in [1.29, 1.82) is 0 Å². The normalized spacial score (nSPS) is 11.7. The van der Waals surface area contributed by atoms with Crippen LogP contribution in [0.15, 0.2) is 11.5 Å². The van der Waals surface area contributed by atoms with Gasteiger partial charge in [-0.25, -0.2) is 8.42 Å². The molecule has 0 aromatic heterocycles. The van der Waals surface area contributed by atoms with Crippen molar-refractivity contribution in [3.63, 3.8) is 0 Å². The van der Waals surface area contributed by atoms with Crippen molar-refractivity contribution in [2.75, 3.05) is 6.61 Å². The predicted molar refractivity (Wildman–Crippen MR) is 76.7 cm³/mol. The molecule has 0 aliphatic heterocycles. The minimum absolute atomic E-state index is 0. The summed E-state index contributed by atoms with van der Waals surface area (Å²) in [6, 6.07) is 0. The topological polar surface area (TPSA) is 77.4 Å². The fraction of sp³-hybridized carbons (Fsp3) is 0.857. The largest absolute Gasteiger partial charge is 1.00 e. The van der Waals surface area contributed by atoms with Crippen LogP contribution in [0.5, 0.6) is 0 Å². The maximum atomic E-state index is 10.3. The van der Waals surface area contributed by atoms with Crippen molar-refractivity contribution >= 4 is 10.1 Å². The van der Waals surface area contributed by atoms with E-state index in [2.05, 4.69) is 0 Å². The van der Waals surface area contributed by atoms with Crippen molar-refractivity contribution in [2.45, 2.75) is 70.6 Å². The van der Waals surface area contributed by atoms with Gasteiger partial charge in [0.25, 0.3) is 0 Å². The van der Waals surface area contributed by atoms with Crippen LogP contribution in [0.1, 0.15) is 70.6 Å². The summed E-state index contributed by atoms with van der Waals surface area (Å²) in [6.07, 6.45) is 13.6. The number of hydrogen-bond acceptors (Lipinski definition) is 4. The molecule has 0 aliphatic carbocycles. The van der Waals surface area contributed by atoms with E-state index in [1.807, 2.05) is 0 Å². The van der Waals surface area contributed by atoms with Gasteiger partial charge in [-0.15, -0.1) is 0 Å². The Labute approximate surface area is 146 Å². The first-order valence-electron chi connectivity index (χ1n) is 7.29. The quantitative estimate of drug-likeness (QED) is 0.302. The Morgan fingerprint density at radius 1 is 0.800 bits per heavy atom.